The highest BCUT2D eigenvalue weighted by Gasteiger charge is 2.34. The Morgan fingerprint density at radius 2 is 2.04 bits per heavy atom. The molecule has 0 aromatic heterocycles. The van der Waals surface area contributed by atoms with E-state index < -0.39 is 5.60 Å². The number of aliphatic hydroxyl groups excluding tert-OH is 1. The van der Waals surface area contributed by atoms with Crippen LogP contribution in [0.2, 0.25) is 0 Å². The van der Waals surface area contributed by atoms with Crippen molar-refractivity contribution in [3.63, 3.8) is 0 Å². The van der Waals surface area contributed by atoms with Gasteiger partial charge in [-0.15, -0.1) is 0 Å². The fourth-order valence-corrected chi connectivity index (χ4v) is 3.96. The van der Waals surface area contributed by atoms with E-state index in [0.717, 1.165) is 38.6 Å². The van der Waals surface area contributed by atoms with Crippen LogP contribution in [0, 0.1) is 5.92 Å². The number of hydrogen-bond acceptors (Lipinski definition) is 4. The molecule has 1 saturated carbocycles. The third kappa shape index (κ3) is 5.35. The molecule has 134 valence electrons. The second-order valence-corrected chi connectivity index (χ2v) is 8.25. The maximum atomic E-state index is 12.3. The van der Waals surface area contributed by atoms with E-state index >= 15 is 0 Å². The van der Waals surface area contributed by atoms with Crippen LogP contribution in [0.3, 0.4) is 0 Å². The van der Waals surface area contributed by atoms with Gasteiger partial charge < -0.3 is 20.1 Å². The topological polar surface area (TPSA) is 61.8 Å². The number of hydrogen-bond donors (Lipinski definition) is 2. The van der Waals surface area contributed by atoms with E-state index in [1.807, 2.05) is 25.7 Å². The zero-order valence-electron chi connectivity index (χ0n) is 15.2. The van der Waals surface area contributed by atoms with E-state index in [9.17, 15) is 9.90 Å². The Morgan fingerprint density at radius 1 is 1.30 bits per heavy atom. The number of ether oxygens (including phenoxy) is 1. The van der Waals surface area contributed by atoms with Gasteiger partial charge >= 0.3 is 6.09 Å². The molecule has 1 amide bonds. The van der Waals surface area contributed by atoms with Gasteiger partial charge in [0.2, 0.25) is 0 Å². The van der Waals surface area contributed by atoms with Gasteiger partial charge in [-0.1, -0.05) is 6.42 Å². The van der Waals surface area contributed by atoms with Crippen molar-refractivity contribution in [3.05, 3.63) is 0 Å². The lowest BCUT2D eigenvalue weighted by Gasteiger charge is -2.31. The number of rotatable bonds is 5. The van der Waals surface area contributed by atoms with Crippen molar-refractivity contribution in [2.45, 2.75) is 89.9 Å². The van der Waals surface area contributed by atoms with Crippen LogP contribution in [0.5, 0.6) is 0 Å². The van der Waals surface area contributed by atoms with Crippen molar-refractivity contribution < 1.29 is 14.6 Å². The van der Waals surface area contributed by atoms with Crippen LogP contribution in [-0.2, 0) is 4.74 Å². The molecular formula is C18H34N2O3. The monoisotopic (exact) mass is 326 g/mol. The minimum Gasteiger partial charge on any atom is -0.444 e. The SMILES string of the molecule is CC(CC1CCCN1C(=O)OC(C)(C)C)NC1CCCC1CO. The molecule has 4 atom stereocenters. The molecule has 1 heterocycles. The fraction of sp³-hybridized carbons (Fsp3) is 0.944. The molecule has 23 heavy (non-hydrogen) atoms. The number of aliphatic hydroxyl groups is 1. The highest BCUT2D eigenvalue weighted by atomic mass is 16.6. The lowest BCUT2D eigenvalue weighted by molar-refractivity contribution is 0.0213. The molecule has 4 unspecified atom stereocenters. The number of likely N-dealkylation sites (tertiary alicyclic amines) is 1. The third-order valence-corrected chi connectivity index (χ3v) is 5.02. The maximum Gasteiger partial charge on any atom is 0.410 e. The quantitative estimate of drug-likeness (QED) is 0.815. The number of carbonyl (C=O) groups is 1. The van der Waals surface area contributed by atoms with Crippen molar-refractivity contribution in [2.24, 2.45) is 5.92 Å². The molecule has 2 rings (SSSR count). The Morgan fingerprint density at radius 3 is 2.70 bits per heavy atom. The first-order valence-corrected chi connectivity index (χ1v) is 9.16. The van der Waals surface area contributed by atoms with Crippen LogP contribution in [0.25, 0.3) is 0 Å². The van der Waals surface area contributed by atoms with Crippen molar-refractivity contribution in [1.29, 1.82) is 0 Å². The molecule has 5 heteroatoms. The highest BCUT2D eigenvalue weighted by Crippen LogP contribution is 2.27. The van der Waals surface area contributed by atoms with Gasteiger partial charge in [0.15, 0.2) is 0 Å². The predicted octanol–water partition coefficient (Wildman–Crippen LogP) is 2.92. The molecule has 0 radical (unpaired) electrons. The number of nitrogens with zero attached hydrogens (tertiary/aromatic N) is 1. The van der Waals surface area contributed by atoms with Crippen LogP contribution < -0.4 is 5.32 Å². The Hall–Kier alpha value is -0.810. The molecule has 2 N–H and O–H groups in total. The molecule has 2 aliphatic rings. The van der Waals surface area contributed by atoms with Crippen LogP contribution in [0.4, 0.5) is 4.79 Å². The minimum absolute atomic E-state index is 0.179. The van der Waals surface area contributed by atoms with Gasteiger partial charge in [0.25, 0.3) is 0 Å². The first-order valence-electron chi connectivity index (χ1n) is 9.16. The summed E-state index contributed by atoms with van der Waals surface area (Å²) in [5.74, 6) is 0.392. The molecule has 0 spiro atoms. The van der Waals surface area contributed by atoms with E-state index in [-0.39, 0.29) is 18.7 Å². The number of carbonyl (C=O) groups excluding carboxylic acids is 1. The van der Waals surface area contributed by atoms with E-state index in [1.54, 1.807) is 0 Å². The first kappa shape index (κ1) is 18.5. The van der Waals surface area contributed by atoms with Gasteiger partial charge in [-0.05, 0) is 65.7 Å². The second kappa shape index (κ2) is 7.84. The van der Waals surface area contributed by atoms with Crippen molar-refractivity contribution >= 4 is 6.09 Å². The number of amides is 1. The van der Waals surface area contributed by atoms with Crippen molar-refractivity contribution in [1.82, 2.24) is 10.2 Å². The van der Waals surface area contributed by atoms with Gasteiger partial charge in [0.05, 0.1) is 0 Å². The van der Waals surface area contributed by atoms with Gasteiger partial charge in [0.1, 0.15) is 5.60 Å². The molecule has 1 aliphatic heterocycles. The summed E-state index contributed by atoms with van der Waals surface area (Å²) in [6.07, 6.45) is 6.35. The minimum atomic E-state index is -0.438. The second-order valence-electron chi connectivity index (χ2n) is 8.25. The summed E-state index contributed by atoms with van der Waals surface area (Å²) in [4.78, 5) is 14.3. The van der Waals surface area contributed by atoms with Crippen LogP contribution in [0.1, 0.15) is 66.2 Å². The molecule has 0 aromatic rings. The third-order valence-electron chi connectivity index (χ3n) is 5.02. The summed E-state index contributed by atoms with van der Waals surface area (Å²) < 4.78 is 5.53. The highest BCUT2D eigenvalue weighted by molar-refractivity contribution is 5.68. The lowest BCUT2D eigenvalue weighted by atomic mass is 10.0. The van der Waals surface area contributed by atoms with Gasteiger partial charge in [-0.2, -0.15) is 0 Å². The molecule has 0 bridgehead atoms. The average Bonchev–Trinajstić information content (AvgIpc) is 3.05. The van der Waals surface area contributed by atoms with Gasteiger partial charge in [0, 0.05) is 31.3 Å². The summed E-state index contributed by atoms with van der Waals surface area (Å²) in [6, 6.07) is 1.04. The molecule has 2 fully saturated rings. The maximum absolute atomic E-state index is 12.3. The predicted molar refractivity (Wildman–Crippen MR) is 91.4 cm³/mol. The Kier molecular flexibility index (Phi) is 6.32. The smallest absolute Gasteiger partial charge is 0.410 e. The fourth-order valence-electron chi connectivity index (χ4n) is 3.96. The van der Waals surface area contributed by atoms with Gasteiger partial charge in [-0.25, -0.2) is 4.79 Å². The van der Waals surface area contributed by atoms with E-state index in [2.05, 4.69) is 12.2 Å². The Bertz CT molecular complexity index is 394. The Balaban J connectivity index is 1.84. The number of nitrogens with one attached hydrogen (secondary N) is 1. The average molecular weight is 326 g/mol. The van der Waals surface area contributed by atoms with Crippen molar-refractivity contribution in [3.8, 4) is 0 Å². The van der Waals surface area contributed by atoms with Crippen LogP contribution in [0.15, 0.2) is 0 Å². The summed E-state index contributed by atoms with van der Waals surface area (Å²) >= 11 is 0. The normalized spacial score (nSPS) is 29.8. The van der Waals surface area contributed by atoms with Crippen LogP contribution in [-0.4, -0.2) is 53.0 Å². The summed E-state index contributed by atoms with van der Waals surface area (Å²) in [5, 5.41) is 13.1. The summed E-state index contributed by atoms with van der Waals surface area (Å²) in [5.41, 5.74) is -0.438. The first-order chi connectivity index (χ1) is 10.8. The standard InChI is InChI=1S/C18H34N2O3/c1-13(19-16-9-5-7-14(16)12-21)11-15-8-6-10-20(15)17(22)23-18(2,3)4/h13-16,19,21H,5-12H2,1-4H3. The summed E-state index contributed by atoms with van der Waals surface area (Å²) in [7, 11) is 0. The lowest BCUT2D eigenvalue weighted by Crippen LogP contribution is -2.45. The molecule has 0 aromatic carbocycles. The molecule has 1 aliphatic carbocycles. The van der Waals surface area contributed by atoms with E-state index in [0.29, 0.717) is 18.0 Å². The Labute approximate surface area is 140 Å². The van der Waals surface area contributed by atoms with Crippen molar-refractivity contribution in [2.75, 3.05) is 13.2 Å². The van der Waals surface area contributed by atoms with E-state index in [4.69, 9.17) is 4.74 Å². The summed E-state index contributed by atoms with van der Waals surface area (Å²) in [6.45, 7) is 9.00. The van der Waals surface area contributed by atoms with Crippen LogP contribution >= 0.6 is 0 Å². The molecule has 1 saturated heterocycles. The molecular weight excluding hydrogens is 292 g/mol. The van der Waals surface area contributed by atoms with E-state index in [1.165, 1.54) is 6.42 Å². The largest absolute Gasteiger partial charge is 0.444 e. The zero-order chi connectivity index (χ0) is 17.0. The molecule has 5 nitrogen and oxygen atoms in total. The van der Waals surface area contributed by atoms with Gasteiger partial charge in [-0.3, -0.25) is 0 Å². The zero-order valence-corrected chi connectivity index (χ0v) is 15.2.